The number of furan rings is 1. The van der Waals surface area contributed by atoms with Gasteiger partial charge in [-0.1, -0.05) is 18.2 Å². The minimum Gasteiger partial charge on any atom is -0.459 e. The summed E-state index contributed by atoms with van der Waals surface area (Å²) in [6, 6.07) is 16.5. The third-order valence-corrected chi connectivity index (χ3v) is 5.18. The molecule has 0 spiro atoms. The number of hydrogen-bond acceptors (Lipinski definition) is 4. The van der Waals surface area contributed by atoms with Crippen LogP contribution in [0.1, 0.15) is 38.7 Å². The lowest BCUT2D eigenvalue weighted by molar-refractivity contribution is 0.0950. The average molecular weight is 416 g/mol. The van der Waals surface area contributed by atoms with Gasteiger partial charge in [-0.15, -0.1) is 0 Å². The zero-order valence-corrected chi connectivity index (χ0v) is 17.5. The lowest BCUT2D eigenvalue weighted by Gasteiger charge is -2.11. The largest absolute Gasteiger partial charge is 0.459 e. The third kappa shape index (κ3) is 4.50. The monoisotopic (exact) mass is 416 g/mol. The van der Waals surface area contributed by atoms with Gasteiger partial charge in [0.1, 0.15) is 5.82 Å². The van der Waals surface area contributed by atoms with Crippen molar-refractivity contribution in [3.8, 4) is 0 Å². The summed E-state index contributed by atoms with van der Waals surface area (Å²) in [5.41, 5.74) is 4.01. The van der Waals surface area contributed by atoms with Crippen LogP contribution in [-0.4, -0.2) is 27.9 Å². The topological polar surface area (TPSA) is 89.2 Å². The fourth-order valence-electron chi connectivity index (χ4n) is 3.51. The van der Waals surface area contributed by atoms with Gasteiger partial charge in [0.05, 0.1) is 17.3 Å². The number of carbonyl (C=O) groups is 2. The first-order valence-corrected chi connectivity index (χ1v) is 10.2. The Bertz CT molecular complexity index is 1230. The molecule has 0 saturated carbocycles. The second-order valence-corrected chi connectivity index (χ2v) is 7.37. The molecule has 0 aliphatic carbocycles. The number of fused-ring (bicyclic) bond motifs is 1. The predicted molar refractivity (Wildman–Crippen MR) is 119 cm³/mol. The molecule has 0 saturated heterocycles. The Hall–Kier alpha value is -3.87. The molecule has 0 bridgehead atoms. The van der Waals surface area contributed by atoms with E-state index in [0.717, 1.165) is 35.4 Å². The summed E-state index contributed by atoms with van der Waals surface area (Å²) in [7, 11) is 0. The van der Waals surface area contributed by atoms with Crippen LogP contribution in [-0.2, 0) is 6.54 Å². The van der Waals surface area contributed by atoms with Gasteiger partial charge in [0, 0.05) is 24.3 Å². The zero-order valence-electron chi connectivity index (χ0n) is 17.5. The van der Waals surface area contributed by atoms with Gasteiger partial charge in [-0.2, -0.15) is 0 Å². The second-order valence-electron chi connectivity index (χ2n) is 7.37. The SMILES string of the molecule is Cc1ccc(C(=O)NCCCn2c(C)nc3ccccc32)cc1NC(=O)c1ccco1. The normalized spacial score (nSPS) is 10.9. The molecular weight excluding hydrogens is 392 g/mol. The highest BCUT2D eigenvalue weighted by atomic mass is 16.3. The summed E-state index contributed by atoms with van der Waals surface area (Å²) in [6.45, 7) is 5.17. The number of aromatic nitrogens is 2. The summed E-state index contributed by atoms with van der Waals surface area (Å²) in [4.78, 5) is 29.4. The van der Waals surface area contributed by atoms with Gasteiger partial charge >= 0.3 is 0 Å². The van der Waals surface area contributed by atoms with Crippen molar-refractivity contribution in [3.63, 3.8) is 0 Å². The fourth-order valence-corrected chi connectivity index (χ4v) is 3.51. The molecular formula is C24H24N4O3. The van der Waals surface area contributed by atoms with Gasteiger partial charge in [0.2, 0.25) is 0 Å². The van der Waals surface area contributed by atoms with E-state index < -0.39 is 0 Å². The highest BCUT2D eigenvalue weighted by Gasteiger charge is 2.13. The smallest absolute Gasteiger partial charge is 0.291 e. The van der Waals surface area contributed by atoms with E-state index in [9.17, 15) is 9.59 Å². The Kier molecular flexibility index (Phi) is 5.84. The van der Waals surface area contributed by atoms with Crippen molar-refractivity contribution in [1.29, 1.82) is 0 Å². The van der Waals surface area contributed by atoms with Crippen LogP contribution in [0.3, 0.4) is 0 Å². The number of rotatable bonds is 7. The van der Waals surface area contributed by atoms with Gasteiger partial charge in [-0.25, -0.2) is 4.98 Å². The number of para-hydroxylation sites is 2. The fraction of sp³-hybridized carbons (Fsp3) is 0.208. The van der Waals surface area contributed by atoms with Crippen molar-refractivity contribution in [3.05, 3.63) is 83.6 Å². The first-order valence-electron chi connectivity index (χ1n) is 10.2. The molecule has 4 rings (SSSR count). The molecule has 7 heteroatoms. The Morgan fingerprint density at radius 1 is 1.03 bits per heavy atom. The molecule has 0 aliphatic rings. The molecule has 0 unspecified atom stereocenters. The van der Waals surface area contributed by atoms with Crippen LogP contribution < -0.4 is 10.6 Å². The summed E-state index contributed by atoms with van der Waals surface area (Å²) in [5, 5.41) is 5.75. The number of nitrogens with one attached hydrogen (secondary N) is 2. The number of carbonyl (C=O) groups excluding carboxylic acids is 2. The van der Waals surface area contributed by atoms with Crippen molar-refractivity contribution in [2.45, 2.75) is 26.8 Å². The Balaban J connectivity index is 1.35. The average Bonchev–Trinajstić information content (AvgIpc) is 3.40. The van der Waals surface area contributed by atoms with Crippen molar-refractivity contribution >= 4 is 28.5 Å². The summed E-state index contributed by atoms with van der Waals surface area (Å²) in [6.07, 6.45) is 2.22. The van der Waals surface area contributed by atoms with E-state index in [0.29, 0.717) is 17.8 Å². The van der Waals surface area contributed by atoms with E-state index in [1.807, 2.05) is 38.1 Å². The van der Waals surface area contributed by atoms with Gasteiger partial charge in [0.25, 0.3) is 11.8 Å². The molecule has 0 aliphatic heterocycles. The molecule has 0 radical (unpaired) electrons. The molecule has 158 valence electrons. The van der Waals surface area contributed by atoms with Gasteiger partial charge in [-0.3, -0.25) is 9.59 Å². The standard InChI is InChI=1S/C24H24N4O3/c1-16-10-11-18(15-20(16)27-24(30)22-9-5-14-31-22)23(29)25-12-6-13-28-17(2)26-19-7-3-4-8-21(19)28/h3-5,7-11,14-15H,6,12-13H2,1-2H3,(H,25,29)(H,27,30). The first-order chi connectivity index (χ1) is 15.0. The molecule has 7 nitrogen and oxygen atoms in total. The second kappa shape index (κ2) is 8.87. The Labute approximate surface area is 180 Å². The number of anilines is 1. The van der Waals surface area contributed by atoms with Crippen LogP contribution in [0.15, 0.2) is 65.3 Å². The molecule has 4 aromatic rings. The van der Waals surface area contributed by atoms with Crippen molar-refractivity contribution in [2.24, 2.45) is 0 Å². The molecule has 0 atom stereocenters. The van der Waals surface area contributed by atoms with Crippen LogP contribution in [0, 0.1) is 13.8 Å². The van der Waals surface area contributed by atoms with Crippen molar-refractivity contribution < 1.29 is 14.0 Å². The molecule has 2 heterocycles. The molecule has 2 aromatic carbocycles. The quantitative estimate of drug-likeness (QED) is 0.439. The maximum absolute atomic E-state index is 12.6. The number of hydrogen-bond donors (Lipinski definition) is 2. The summed E-state index contributed by atoms with van der Waals surface area (Å²) < 4.78 is 7.28. The van der Waals surface area contributed by atoms with Crippen LogP contribution in [0.2, 0.25) is 0 Å². The molecule has 31 heavy (non-hydrogen) atoms. The summed E-state index contributed by atoms with van der Waals surface area (Å²) in [5.74, 6) is 0.647. The highest BCUT2D eigenvalue weighted by molar-refractivity contribution is 6.03. The van der Waals surface area contributed by atoms with E-state index in [1.165, 1.54) is 6.26 Å². The van der Waals surface area contributed by atoms with E-state index in [1.54, 1.807) is 24.3 Å². The lowest BCUT2D eigenvalue weighted by atomic mass is 10.1. The molecule has 0 fully saturated rings. The predicted octanol–water partition coefficient (Wildman–Crippen LogP) is 4.32. The van der Waals surface area contributed by atoms with E-state index >= 15 is 0 Å². The molecule has 2 N–H and O–H groups in total. The minimum atomic E-state index is -0.353. The third-order valence-electron chi connectivity index (χ3n) is 5.18. The Morgan fingerprint density at radius 3 is 2.68 bits per heavy atom. The zero-order chi connectivity index (χ0) is 21.8. The minimum absolute atomic E-state index is 0.180. The Morgan fingerprint density at radius 2 is 1.87 bits per heavy atom. The number of aryl methyl sites for hydroxylation is 3. The van der Waals surface area contributed by atoms with Crippen molar-refractivity contribution in [2.75, 3.05) is 11.9 Å². The van der Waals surface area contributed by atoms with Crippen LogP contribution >= 0.6 is 0 Å². The van der Waals surface area contributed by atoms with Gasteiger partial charge < -0.3 is 19.6 Å². The van der Waals surface area contributed by atoms with Gasteiger partial charge in [0.15, 0.2) is 5.76 Å². The van der Waals surface area contributed by atoms with Crippen LogP contribution in [0.5, 0.6) is 0 Å². The van der Waals surface area contributed by atoms with Crippen LogP contribution in [0.25, 0.3) is 11.0 Å². The number of benzene rings is 2. The molecule has 2 amide bonds. The highest BCUT2D eigenvalue weighted by Crippen LogP contribution is 2.19. The molecule has 2 aromatic heterocycles. The van der Waals surface area contributed by atoms with E-state index in [-0.39, 0.29) is 17.6 Å². The number of nitrogens with zero attached hydrogens (tertiary/aromatic N) is 2. The summed E-state index contributed by atoms with van der Waals surface area (Å²) >= 11 is 0. The van der Waals surface area contributed by atoms with Crippen molar-refractivity contribution in [1.82, 2.24) is 14.9 Å². The maximum atomic E-state index is 12.6. The van der Waals surface area contributed by atoms with Crippen LogP contribution in [0.4, 0.5) is 5.69 Å². The lowest BCUT2D eigenvalue weighted by Crippen LogP contribution is -2.25. The number of amides is 2. The van der Waals surface area contributed by atoms with E-state index in [4.69, 9.17) is 4.42 Å². The number of imidazole rings is 1. The maximum Gasteiger partial charge on any atom is 0.291 e. The first kappa shape index (κ1) is 20.4. The van der Waals surface area contributed by atoms with E-state index in [2.05, 4.69) is 26.3 Å². The van der Waals surface area contributed by atoms with Gasteiger partial charge in [-0.05, 0) is 62.2 Å².